The van der Waals surface area contributed by atoms with E-state index in [0.717, 1.165) is 6.07 Å². The van der Waals surface area contributed by atoms with Crippen LogP contribution in [0.25, 0.3) is 0 Å². The van der Waals surface area contributed by atoms with Gasteiger partial charge in [-0.2, -0.15) is 0 Å². The van der Waals surface area contributed by atoms with Crippen molar-refractivity contribution in [3.63, 3.8) is 0 Å². The number of phenolic OH excluding ortho intramolecular Hbond substituents is 1. The Labute approximate surface area is 81.1 Å². The van der Waals surface area contributed by atoms with Crippen molar-refractivity contribution < 1.29 is 9.50 Å². The number of benzene rings is 1. The summed E-state index contributed by atoms with van der Waals surface area (Å²) in [7, 11) is 0. The summed E-state index contributed by atoms with van der Waals surface area (Å²) in [4.78, 5) is 0. The van der Waals surface area contributed by atoms with Crippen LogP contribution < -0.4 is 5.73 Å². The molecule has 0 fully saturated rings. The molecule has 0 radical (unpaired) electrons. The van der Waals surface area contributed by atoms with E-state index in [1.54, 1.807) is 13.8 Å². The van der Waals surface area contributed by atoms with Crippen molar-refractivity contribution in [1.82, 2.24) is 0 Å². The average Bonchev–Trinajstić information content (AvgIpc) is 1.94. The van der Waals surface area contributed by atoms with E-state index in [1.807, 2.05) is 0 Å². The molecule has 1 aromatic rings. The Morgan fingerprint density at radius 1 is 1.46 bits per heavy atom. The number of halogens is 2. The minimum absolute atomic E-state index is 0.106. The summed E-state index contributed by atoms with van der Waals surface area (Å²) in [5.74, 6) is -0.818. The first-order valence-electron chi connectivity index (χ1n) is 3.79. The smallest absolute Gasteiger partial charge is 0.137 e. The topological polar surface area (TPSA) is 46.2 Å². The molecular weight excluding hydrogens is 193 g/mol. The molecule has 72 valence electrons. The molecule has 0 saturated heterocycles. The summed E-state index contributed by atoms with van der Waals surface area (Å²) in [6.45, 7) is 3.33. The highest BCUT2D eigenvalue weighted by Crippen LogP contribution is 2.30. The summed E-state index contributed by atoms with van der Waals surface area (Å²) < 4.78 is 13.2. The fourth-order valence-electron chi connectivity index (χ4n) is 1.03. The minimum atomic E-state index is -0.804. The maximum Gasteiger partial charge on any atom is 0.137 e. The van der Waals surface area contributed by atoms with Crippen LogP contribution in [0.2, 0.25) is 5.02 Å². The van der Waals surface area contributed by atoms with Gasteiger partial charge in [0, 0.05) is 17.2 Å². The molecule has 0 bridgehead atoms. The molecule has 1 aromatic carbocycles. The van der Waals surface area contributed by atoms with E-state index in [9.17, 15) is 4.39 Å². The van der Waals surface area contributed by atoms with Gasteiger partial charge in [-0.05, 0) is 19.9 Å². The Hall–Kier alpha value is -0.800. The lowest BCUT2D eigenvalue weighted by atomic mass is 9.95. The molecule has 0 aromatic heterocycles. The van der Waals surface area contributed by atoms with E-state index in [-0.39, 0.29) is 16.3 Å². The quantitative estimate of drug-likeness (QED) is 0.736. The summed E-state index contributed by atoms with van der Waals surface area (Å²) in [6.07, 6.45) is 0. The molecule has 0 saturated carbocycles. The number of hydrogen-bond donors (Lipinski definition) is 2. The van der Waals surface area contributed by atoms with E-state index in [4.69, 9.17) is 22.4 Å². The summed E-state index contributed by atoms with van der Waals surface area (Å²) >= 11 is 5.62. The molecule has 1 rings (SSSR count). The zero-order valence-corrected chi connectivity index (χ0v) is 8.19. The van der Waals surface area contributed by atoms with Crippen molar-refractivity contribution in [2.45, 2.75) is 19.4 Å². The van der Waals surface area contributed by atoms with E-state index < -0.39 is 11.4 Å². The van der Waals surface area contributed by atoms with Crippen molar-refractivity contribution in [3.8, 4) is 5.75 Å². The second-order valence-electron chi connectivity index (χ2n) is 3.51. The SMILES string of the molecule is CC(C)(N)c1cc(Cl)c(O)cc1F. The molecule has 0 spiro atoms. The van der Waals surface area contributed by atoms with Gasteiger partial charge in [-0.15, -0.1) is 0 Å². The molecule has 0 aliphatic heterocycles. The number of nitrogens with two attached hydrogens (primary N) is 1. The third-order valence-corrected chi connectivity index (χ3v) is 2.03. The minimum Gasteiger partial charge on any atom is -0.506 e. The zero-order chi connectivity index (χ0) is 10.2. The fourth-order valence-corrected chi connectivity index (χ4v) is 1.19. The second kappa shape index (κ2) is 3.16. The van der Waals surface area contributed by atoms with Crippen LogP contribution in [0, 0.1) is 5.82 Å². The van der Waals surface area contributed by atoms with E-state index >= 15 is 0 Å². The maximum absolute atomic E-state index is 13.2. The molecule has 0 amide bonds. The number of aromatic hydroxyl groups is 1. The lowest BCUT2D eigenvalue weighted by Crippen LogP contribution is -2.29. The second-order valence-corrected chi connectivity index (χ2v) is 3.91. The van der Waals surface area contributed by atoms with Gasteiger partial charge in [0.1, 0.15) is 11.6 Å². The first-order valence-corrected chi connectivity index (χ1v) is 4.17. The molecule has 2 nitrogen and oxygen atoms in total. The first kappa shape index (κ1) is 10.3. The highest BCUT2D eigenvalue weighted by molar-refractivity contribution is 6.32. The maximum atomic E-state index is 13.2. The van der Waals surface area contributed by atoms with Crippen LogP contribution in [0.4, 0.5) is 4.39 Å². The van der Waals surface area contributed by atoms with Crippen molar-refractivity contribution in [1.29, 1.82) is 0 Å². The van der Waals surface area contributed by atoms with Gasteiger partial charge in [-0.3, -0.25) is 0 Å². The van der Waals surface area contributed by atoms with Crippen LogP contribution in [0.15, 0.2) is 12.1 Å². The molecular formula is C9H11ClFNO. The lowest BCUT2D eigenvalue weighted by Gasteiger charge is -2.20. The normalized spacial score (nSPS) is 11.8. The van der Waals surface area contributed by atoms with Crippen molar-refractivity contribution in [2.75, 3.05) is 0 Å². The van der Waals surface area contributed by atoms with Gasteiger partial charge in [-0.1, -0.05) is 11.6 Å². The number of rotatable bonds is 1. The van der Waals surface area contributed by atoms with Gasteiger partial charge in [-0.25, -0.2) is 4.39 Å². The Kier molecular flexibility index (Phi) is 2.50. The van der Waals surface area contributed by atoms with Crippen LogP contribution in [0.5, 0.6) is 5.75 Å². The molecule has 0 aliphatic rings. The Balaban J connectivity index is 3.32. The van der Waals surface area contributed by atoms with E-state index in [1.165, 1.54) is 6.07 Å². The molecule has 0 aliphatic carbocycles. The largest absolute Gasteiger partial charge is 0.506 e. The molecule has 0 unspecified atom stereocenters. The number of hydrogen-bond acceptors (Lipinski definition) is 2. The van der Waals surface area contributed by atoms with Crippen LogP contribution in [-0.2, 0) is 5.54 Å². The fraction of sp³-hybridized carbons (Fsp3) is 0.333. The molecule has 0 atom stereocenters. The van der Waals surface area contributed by atoms with Crippen molar-refractivity contribution in [3.05, 3.63) is 28.5 Å². The third-order valence-electron chi connectivity index (χ3n) is 1.73. The lowest BCUT2D eigenvalue weighted by molar-refractivity contribution is 0.458. The van der Waals surface area contributed by atoms with Crippen molar-refractivity contribution in [2.24, 2.45) is 5.73 Å². The average molecular weight is 204 g/mol. The van der Waals surface area contributed by atoms with E-state index in [2.05, 4.69) is 0 Å². The zero-order valence-electron chi connectivity index (χ0n) is 7.44. The Morgan fingerprint density at radius 2 is 2.00 bits per heavy atom. The Bertz CT molecular complexity index is 333. The van der Waals surface area contributed by atoms with Gasteiger partial charge in [0.05, 0.1) is 5.02 Å². The third kappa shape index (κ3) is 2.11. The van der Waals surface area contributed by atoms with Gasteiger partial charge < -0.3 is 10.8 Å². The van der Waals surface area contributed by atoms with Gasteiger partial charge in [0.25, 0.3) is 0 Å². The Morgan fingerprint density at radius 3 is 2.46 bits per heavy atom. The van der Waals surface area contributed by atoms with Gasteiger partial charge in [0.15, 0.2) is 0 Å². The predicted molar refractivity (Wildman–Crippen MR) is 50.3 cm³/mol. The van der Waals surface area contributed by atoms with Crippen LogP contribution in [-0.4, -0.2) is 5.11 Å². The van der Waals surface area contributed by atoms with Gasteiger partial charge >= 0.3 is 0 Å². The van der Waals surface area contributed by atoms with E-state index in [0.29, 0.717) is 0 Å². The highest BCUT2D eigenvalue weighted by Gasteiger charge is 2.20. The van der Waals surface area contributed by atoms with Crippen molar-refractivity contribution >= 4 is 11.6 Å². The molecule has 13 heavy (non-hydrogen) atoms. The van der Waals surface area contributed by atoms with Crippen LogP contribution in [0.3, 0.4) is 0 Å². The molecule has 3 N–H and O–H groups in total. The standard InChI is InChI=1S/C9H11ClFNO/c1-9(2,12)5-3-6(10)8(13)4-7(5)11/h3-4,13H,12H2,1-2H3. The van der Waals surface area contributed by atoms with Gasteiger partial charge in [0.2, 0.25) is 0 Å². The van der Waals surface area contributed by atoms with Crippen LogP contribution in [0.1, 0.15) is 19.4 Å². The summed E-state index contributed by atoms with van der Waals surface area (Å²) in [5.41, 5.74) is 5.18. The highest BCUT2D eigenvalue weighted by atomic mass is 35.5. The van der Waals surface area contributed by atoms with Crippen LogP contribution >= 0.6 is 11.6 Å². The number of phenols is 1. The summed E-state index contributed by atoms with van der Waals surface area (Å²) in [5, 5.41) is 9.18. The first-order chi connectivity index (χ1) is 5.82. The predicted octanol–water partition coefficient (Wildman–Crippen LogP) is 2.38. The molecule has 0 heterocycles. The summed E-state index contributed by atoms with van der Waals surface area (Å²) in [6, 6.07) is 2.30. The monoisotopic (exact) mass is 203 g/mol. The molecule has 4 heteroatoms.